The van der Waals surface area contributed by atoms with Gasteiger partial charge in [0.1, 0.15) is 5.82 Å². The van der Waals surface area contributed by atoms with Crippen molar-refractivity contribution in [3.63, 3.8) is 0 Å². The molecule has 1 aromatic heterocycles. The molecule has 2 heterocycles. The predicted molar refractivity (Wildman–Crippen MR) is 101 cm³/mol. The van der Waals surface area contributed by atoms with Crippen LogP contribution in [0.4, 0.5) is 4.39 Å². The quantitative estimate of drug-likeness (QED) is 0.807. The molecule has 1 aliphatic rings. The van der Waals surface area contributed by atoms with E-state index in [0.717, 1.165) is 16.9 Å². The highest BCUT2D eigenvalue weighted by molar-refractivity contribution is 7.10. The number of amides is 2. The van der Waals surface area contributed by atoms with Crippen molar-refractivity contribution in [2.45, 2.75) is 25.7 Å². The Bertz CT molecular complexity index is 748. The summed E-state index contributed by atoms with van der Waals surface area (Å²) in [6.07, 6.45) is 2.13. The minimum Gasteiger partial charge on any atom is -0.341 e. The Hall–Kier alpha value is -2.21. The summed E-state index contributed by atoms with van der Waals surface area (Å²) in [5.74, 6) is -0.0760. The Morgan fingerprint density at radius 2 is 1.77 bits per heavy atom. The highest BCUT2D eigenvalue weighted by Gasteiger charge is 2.22. The van der Waals surface area contributed by atoms with Gasteiger partial charge in [0.2, 0.25) is 11.8 Å². The smallest absolute Gasteiger partial charge is 0.227 e. The van der Waals surface area contributed by atoms with Crippen molar-refractivity contribution >= 4 is 23.2 Å². The largest absolute Gasteiger partial charge is 0.341 e. The molecule has 4 nitrogen and oxygen atoms in total. The van der Waals surface area contributed by atoms with Crippen LogP contribution in [0.25, 0.3) is 0 Å². The van der Waals surface area contributed by atoms with Gasteiger partial charge >= 0.3 is 0 Å². The summed E-state index contributed by atoms with van der Waals surface area (Å²) in [7, 11) is 0. The van der Waals surface area contributed by atoms with Crippen LogP contribution in [0.15, 0.2) is 41.8 Å². The molecule has 0 saturated carbocycles. The van der Waals surface area contributed by atoms with Crippen LogP contribution in [0.2, 0.25) is 0 Å². The third-order valence-corrected chi connectivity index (χ3v) is 5.50. The summed E-state index contributed by atoms with van der Waals surface area (Å²) >= 11 is 1.59. The van der Waals surface area contributed by atoms with Crippen molar-refractivity contribution in [3.05, 3.63) is 58.0 Å². The fourth-order valence-electron chi connectivity index (χ4n) is 3.19. The molecule has 0 radical (unpaired) electrons. The summed E-state index contributed by atoms with van der Waals surface area (Å²) in [6.45, 7) is 2.51. The van der Waals surface area contributed by atoms with Crippen LogP contribution >= 0.6 is 11.3 Å². The molecule has 1 fully saturated rings. The van der Waals surface area contributed by atoms with Crippen molar-refractivity contribution in [2.24, 2.45) is 0 Å². The van der Waals surface area contributed by atoms with Gasteiger partial charge in [-0.15, -0.1) is 11.3 Å². The highest BCUT2D eigenvalue weighted by atomic mass is 32.1. The van der Waals surface area contributed by atoms with Crippen LogP contribution in [0.5, 0.6) is 0 Å². The lowest BCUT2D eigenvalue weighted by molar-refractivity contribution is -0.133. The second kappa shape index (κ2) is 8.94. The first-order valence-electron chi connectivity index (χ1n) is 8.94. The van der Waals surface area contributed by atoms with E-state index in [4.69, 9.17) is 0 Å². The zero-order valence-electron chi connectivity index (χ0n) is 14.7. The first-order chi connectivity index (χ1) is 12.6. The zero-order chi connectivity index (χ0) is 18.4. The average Bonchev–Trinajstić information content (AvgIpc) is 3.01. The van der Waals surface area contributed by atoms with Gasteiger partial charge in [-0.1, -0.05) is 18.2 Å². The molecule has 138 valence electrons. The lowest BCUT2D eigenvalue weighted by Crippen LogP contribution is -2.38. The van der Waals surface area contributed by atoms with Crippen molar-refractivity contribution in [3.8, 4) is 0 Å². The monoisotopic (exact) mass is 374 g/mol. The van der Waals surface area contributed by atoms with E-state index in [0.29, 0.717) is 45.4 Å². The number of carbonyl (C=O) groups excluding carboxylic acids is 2. The molecule has 26 heavy (non-hydrogen) atoms. The molecule has 1 saturated heterocycles. The number of benzene rings is 1. The van der Waals surface area contributed by atoms with E-state index in [2.05, 4.69) is 0 Å². The molecule has 3 rings (SSSR count). The molecule has 0 aliphatic carbocycles. The highest BCUT2D eigenvalue weighted by Crippen LogP contribution is 2.13. The standard InChI is InChI=1S/C20H23FN2O2S/c21-17-5-1-4-16(14-17)7-8-19(24)22-9-3-10-23(12-11-22)20(25)15-18-6-2-13-26-18/h1-2,4-6,13-14H,3,7-12,15H2. The summed E-state index contributed by atoms with van der Waals surface area (Å²) in [5, 5.41) is 1.98. The molecular weight excluding hydrogens is 351 g/mol. The van der Waals surface area contributed by atoms with Crippen molar-refractivity contribution in [2.75, 3.05) is 26.2 Å². The number of nitrogens with zero attached hydrogens (tertiary/aromatic N) is 2. The van der Waals surface area contributed by atoms with E-state index in [1.165, 1.54) is 12.1 Å². The Kier molecular flexibility index (Phi) is 6.39. The maximum absolute atomic E-state index is 13.2. The number of thiophene rings is 1. The zero-order valence-corrected chi connectivity index (χ0v) is 15.5. The lowest BCUT2D eigenvalue weighted by Gasteiger charge is -2.22. The number of hydrogen-bond donors (Lipinski definition) is 0. The van der Waals surface area contributed by atoms with E-state index >= 15 is 0 Å². The lowest BCUT2D eigenvalue weighted by atomic mass is 10.1. The third kappa shape index (κ3) is 5.14. The van der Waals surface area contributed by atoms with Gasteiger partial charge in [0.15, 0.2) is 0 Å². The third-order valence-electron chi connectivity index (χ3n) is 4.62. The maximum atomic E-state index is 13.2. The molecule has 1 aromatic carbocycles. The molecule has 6 heteroatoms. The number of hydrogen-bond acceptors (Lipinski definition) is 3. The van der Waals surface area contributed by atoms with Crippen molar-refractivity contribution in [1.82, 2.24) is 9.80 Å². The predicted octanol–water partition coefficient (Wildman–Crippen LogP) is 3.12. The van der Waals surface area contributed by atoms with Crippen LogP contribution in [0.3, 0.4) is 0 Å². The molecule has 0 bridgehead atoms. The summed E-state index contributed by atoms with van der Waals surface area (Å²) in [6, 6.07) is 10.3. The Balaban J connectivity index is 1.48. The summed E-state index contributed by atoms with van der Waals surface area (Å²) in [4.78, 5) is 29.7. The molecule has 0 atom stereocenters. The normalized spacial score (nSPS) is 15.0. The molecule has 0 unspecified atom stereocenters. The van der Waals surface area contributed by atoms with E-state index in [-0.39, 0.29) is 17.6 Å². The molecule has 2 amide bonds. The van der Waals surface area contributed by atoms with Gasteiger partial charge in [-0.25, -0.2) is 4.39 Å². The van der Waals surface area contributed by atoms with Gasteiger partial charge in [0.25, 0.3) is 0 Å². The second-order valence-electron chi connectivity index (χ2n) is 6.50. The number of aryl methyl sites for hydroxylation is 1. The molecule has 1 aliphatic heterocycles. The maximum Gasteiger partial charge on any atom is 0.227 e. The van der Waals surface area contributed by atoms with Crippen LogP contribution in [0, 0.1) is 5.82 Å². The fourth-order valence-corrected chi connectivity index (χ4v) is 3.89. The summed E-state index contributed by atoms with van der Waals surface area (Å²) in [5.41, 5.74) is 0.834. The van der Waals surface area contributed by atoms with Crippen molar-refractivity contribution in [1.29, 1.82) is 0 Å². The minimum atomic E-state index is -0.274. The Morgan fingerprint density at radius 3 is 2.46 bits per heavy atom. The molecule has 0 spiro atoms. The van der Waals surface area contributed by atoms with E-state index in [9.17, 15) is 14.0 Å². The molecular formula is C20H23FN2O2S. The van der Waals surface area contributed by atoms with Gasteiger partial charge in [-0.05, 0) is 42.0 Å². The first-order valence-corrected chi connectivity index (χ1v) is 9.82. The Labute approximate surface area is 157 Å². The van der Waals surface area contributed by atoms with Crippen molar-refractivity contribution < 1.29 is 14.0 Å². The van der Waals surface area contributed by atoms with Crippen LogP contribution < -0.4 is 0 Å². The van der Waals surface area contributed by atoms with E-state index < -0.39 is 0 Å². The van der Waals surface area contributed by atoms with Gasteiger partial charge < -0.3 is 9.80 Å². The van der Waals surface area contributed by atoms with Gasteiger partial charge in [0.05, 0.1) is 6.42 Å². The fraction of sp³-hybridized carbons (Fsp3) is 0.400. The van der Waals surface area contributed by atoms with Gasteiger partial charge in [0, 0.05) is 37.5 Å². The average molecular weight is 374 g/mol. The van der Waals surface area contributed by atoms with Gasteiger partial charge in [-0.3, -0.25) is 9.59 Å². The van der Waals surface area contributed by atoms with Crippen LogP contribution in [-0.4, -0.2) is 47.8 Å². The first kappa shape index (κ1) is 18.6. The minimum absolute atomic E-state index is 0.0711. The summed E-state index contributed by atoms with van der Waals surface area (Å²) < 4.78 is 13.2. The Morgan fingerprint density at radius 1 is 1.00 bits per heavy atom. The topological polar surface area (TPSA) is 40.6 Å². The number of rotatable bonds is 5. The molecule has 0 N–H and O–H groups in total. The second-order valence-corrected chi connectivity index (χ2v) is 7.53. The van der Waals surface area contributed by atoms with Gasteiger partial charge in [-0.2, -0.15) is 0 Å². The van der Waals surface area contributed by atoms with Crippen LogP contribution in [0.1, 0.15) is 23.3 Å². The molecule has 2 aromatic rings. The number of carbonyl (C=O) groups is 2. The SMILES string of the molecule is O=C(CCc1cccc(F)c1)N1CCCN(C(=O)Cc2cccs2)CC1. The van der Waals surface area contributed by atoms with Crippen LogP contribution in [-0.2, 0) is 22.4 Å². The number of halogens is 1. The van der Waals surface area contributed by atoms with E-state index in [1.807, 2.05) is 33.4 Å². The van der Waals surface area contributed by atoms with E-state index in [1.54, 1.807) is 17.4 Å².